The van der Waals surface area contributed by atoms with Crippen molar-refractivity contribution in [3.63, 3.8) is 0 Å². The lowest BCUT2D eigenvalue weighted by molar-refractivity contribution is -0.138. The van der Waals surface area contributed by atoms with Gasteiger partial charge in [-0.05, 0) is 35.4 Å². The number of benzene rings is 2. The Morgan fingerprint density at radius 1 is 1.08 bits per heavy atom. The number of anilines is 1. The van der Waals surface area contributed by atoms with Crippen LogP contribution in [0.2, 0.25) is 0 Å². The molecule has 0 aromatic heterocycles. The third kappa shape index (κ3) is 3.85. The molecule has 0 bridgehead atoms. The number of nitrogens with zero attached hydrogens (tertiary/aromatic N) is 1. The van der Waals surface area contributed by atoms with Gasteiger partial charge in [-0.3, -0.25) is 14.4 Å². The van der Waals surface area contributed by atoms with Crippen LogP contribution in [0.25, 0.3) is 12.2 Å². The lowest BCUT2D eigenvalue weighted by Crippen LogP contribution is -2.32. The van der Waals surface area contributed by atoms with E-state index in [1.807, 2.05) is 18.2 Å². The molecule has 1 atom stereocenters. The van der Waals surface area contributed by atoms with E-state index in [0.717, 1.165) is 11.1 Å². The molecule has 3 rings (SSSR count). The number of ketones is 1. The number of hydrogen-bond donors (Lipinski definition) is 1. The average molecular weight is 352 g/mol. The van der Waals surface area contributed by atoms with Crippen LogP contribution in [0.15, 0.2) is 48.5 Å². The maximum absolute atomic E-state index is 13.2. The second kappa shape index (κ2) is 7.31. The molecule has 2 aromatic rings. The molecule has 2 N–H and O–H groups in total. The number of halogens is 1. The third-order valence-corrected chi connectivity index (χ3v) is 4.26. The average Bonchev–Trinajstić information content (AvgIpc) is 3.01. The minimum absolute atomic E-state index is 0.0109. The molecule has 26 heavy (non-hydrogen) atoms. The van der Waals surface area contributed by atoms with E-state index in [-0.39, 0.29) is 24.7 Å². The predicted molar refractivity (Wildman–Crippen MR) is 96.4 cm³/mol. The molecule has 0 saturated carbocycles. The van der Waals surface area contributed by atoms with E-state index in [0.29, 0.717) is 5.69 Å². The summed E-state index contributed by atoms with van der Waals surface area (Å²) in [6, 6.07) is 13.4. The fourth-order valence-corrected chi connectivity index (χ4v) is 2.90. The van der Waals surface area contributed by atoms with Crippen LogP contribution in [0.4, 0.5) is 10.1 Å². The van der Waals surface area contributed by atoms with Gasteiger partial charge in [-0.25, -0.2) is 4.39 Å². The van der Waals surface area contributed by atoms with Crippen molar-refractivity contribution in [2.45, 2.75) is 6.42 Å². The van der Waals surface area contributed by atoms with E-state index in [1.165, 1.54) is 17.0 Å². The van der Waals surface area contributed by atoms with Gasteiger partial charge in [0, 0.05) is 18.7 Å². The van der Waals surface area contributed by atoms with Gasteiger partial charge in [0.05, 0.1) is 5.92 Å². The van der Waals surface area contributed by atoms with Crippen LogP contribution < -0.4 is 10.6 Å². The summed E-state index contributed by atoms with van der Waals surface area (Å²) in [5.74, 6) is -2.92. The summed E-state index contributed by atoms with van der Waals surface area (Å²) in [5.41, 5.74) is 7.29. The highest BCUT2D eigenvalue weighted by atomic mass is 19.1. The van der Waals surface area contributed by atoms with Crippen molar-refractivity contribution in [3.05, 3.63) is 65.5 Å². The van der Waals surface area contributed by atoms with Gasteiger partial charge in [0.1, 0.15) is 5.82 Å². The highest BCUT2D eigenvalue weighted by Gasteiger charge is 2.36. The van der Waals surface area contributed by atoms with Gasteiger partial charge in [0.15, 0.2) is 0 Å². The van der Waals surface area contributed by atoms with Crippen molar-refractivity contribution >= 4 is 35.4 Å². The zero-order valence-electron chi connectivity index (χ0n) is 13.9. The van der Waals surface area contributed by atoms with Crippen molar-refractivity contribution in [3.8, 4) is 0 Å². The summed E-state index contributed by atoms with van der Waals surface area (Å²) in [4.78, 5) is 36.3. The first-order chi connectivity index (χ1) is 12.4. The second-order valence-corrected chi connectivity index (χ2v) is 6.11. The standard InChI is InChI=1S/C20H17FN2O3/c21-16-3-1-2-14(10-16)5-4-13-6-8-17(9-7-13)23-12-15(11-18(23)24)19(25)20(22)26/h1-10,15H,11-12H2,(H2,22,26)/b5-4+. The molecule has 6 heteroatoms. The lowest BCUT2D eigenvalue weighted by Gasteiger charge is -2.16. The van der Waals surface area contributed by atoms with E-state index in [4.69, 9.17) is 5.73 Å². The predicted octanol–water partition coefficient (Wildman–Crippen LogP) is 2.40. The Morgan fingerprint density at radius 3 is 2.42 bits per heavy atom. The van der Waals surface area contributed by atoms with Gasteiger partial charge in [0.25, 0.3) is 5.91 Å². The number of carbonyl (C=O) groups excluding carboxylic acids is 3. The molecule has 0 spiro atoms. The number of amides is 2. The van der Waals surface area contributed by atoms with Gasteiger partial charge in [0.2, 0.25) is 11.7 Å². The SMILES string of the molecule is NC(=O)C(=O)C1CC(=O)N(c2ccc(/C=C/c3cccc(F)c3)cc2)C1. The van der Waals surface area contributed by atoms with E-state index in [1.54, 1.807) is 30.3 Å². The minimum Gasteiger partial charge on any atom is -0.363 e. The fourth-order valence-electron chi connectivity index (χ4n) is 2.90. The second-order valence-electron chi connectivity index (χ2n) is 6.11. The number of primary amides is 1. The Morgan fingerprint density at radius 2 is 1.77 bits per heavy atom. The first-order valence-corrected chi connectivity index (χ1v) is 8.12. The van der Waals surface area contributed by atoms with Crippen LogP contribution in [-0.2, 0) is 14.4 Å². The van der Waals surface area contributed by atoms with Crippen LogP contribution in [0.5, 0.6) is 0 Å². The summed E-state index contributed by atoms with van der Waals surface area (Å²) in [6.45, 7) is 0.152. The van der Waals surface area contributed by atoms with Gasteiger partial charge < -0.3 is 10.6 Å². The third-order valence-electron chi connectivity index (χ3n) is 4.26. The number of carbonyl (C=O) groups is 3. The monoisotopic (exact) mass is 352 g/mol. The zero-order chi connectivity index (χ0) is 18.7. The molecule has 0 aliphatic carbocycles. The normalized spacial score (nSPS) is 17.0. The molecule has 2 aromatic carbocycles. The number of hydrogen-bond acceptors (Lipinski definition) is 3. The van der Waals surface area contributed by atoms with Gasteiger partial charge in [-0.1, -0.05) is 36.4 Å². The van der Waals surface area contributed by atoms with E-state index in [2.05, 4.69) is 0 Å². The van der Waals surface area contributed by atoms with Crippen molar-refractivity contribution < 1.29 is 18.8 Å². The summed E-state index contributed by atoms with van der Waals surface area (Å²) < 4.78 is 13.2. The Balaban J connectivity index is 1.71. The zero-order valence-corrected chi connectivity index (χ0v) is 13.9. The van der Waals surface area contributed by atoms with E-state index in [9.17, 15) is 18.8 Å². The summed E-state index contributed by atoms with van der Waals surface area (Å²) in [5, 5.41) is 0. The van der Waals surface area contributed by atoms with Crippen LogP contribution in [-0.4, -0.2) is 24.1 Å². The molecular formula is C20H17FN2O3. The molecule has 1 aliphatic heterocycles. The first-order valence-electron chi connectivity index (χ1n) is 8.12. The first kappa shape index (κ1) is 17.5. The Labute approximate surface area is 149 Å². The molecule has 0 radical (unpaired) electrons. The molecule has 1 saturated heterocycles. The van der Waals surface area contributed by atoms with E-state index < -0.39 is 17.6 Å². The summed E-state index contributed by atoms with van der Waals surface area (Å²) in [6.07, 6.45) is 3.62. The van der Waals surface area contributed by atoms with Gasteiger partial charge in [-0.15, -0.1) is 0 Å². The number of nitrogens with two attached hydrogens (primary N) is 1. The van der Waals surface area contributed by atoms with Crippen LogP contribution in [0.1, 0.15) is 17.5 Å². The molecular weight excluding hydrogens is 335 g/mol. The van der Waals surface area contributed by atoms with Crippen molar-refractivity contribution in [2.24, 2.45) is 11.7 Å². The highest BCUT2D eigenvalue weighted by molar-refractivity contribution is 6.37. The van der Waals surface area contributed by atoms with Crippen molar-refractivity contribution in [1.82, 2.24) is 0 Å². The molecule has 132 valence electrons. The summed E-state index contributed by atoms with van der Waals surface area (Å²) >= 11 is 0. The highest BCUT2D eigenvalue weighted by Crippen LogP contribution is 2.26. The number of rotatable bonds is 5. The van der Waals surface area contributed by atoms with Crippen molar-refractivity contribution in [2.75, 3.05) is 11.4 Å². The quantitative estimate of drug-likeness (QED) is 0.663. The molecule has 5 nitrogen and oxygen atoms in total. The Hall–Kier alpha value is -3.28. The smallest absolute Gasteiger partial charge is 0.285 e. The van der Waals surface area contributed by atoms with Crippen LogP contribution >= 0.6 is 0 Å². The molecule has 1 heterocycles. The molecule has 1 unspecified atom stereocenters. The van der Waals surface area contributed by atoms with Crippen LogP contribution in [0, 0.1) is 11.7 Å². The Bertz CT molecular complexity index is 890. The van der Waals surface area contributed by atoms with Crippen LogP contribution in [0.3, 0.4) is 0 Å². The van der Waals surface area contributed by atoms with Crippen molar-refractivity contribution in [1.29, 1.82) is 0 Å². The minimum atomic E-state index is -1.01. The topological polar surface area (TPSA) is 80.5 Å². The largest absolute Gasteiger partial charge is 0.363 e. The molecule has 2 amide bonds. The maximum Gasteiger partial charge on any atom is 0.285 e. The van der Waals surface area contributed by atoms with Gasteiger partial charge >= 0.3 is 0 Å². The molecule has 1 aliphatic rings. The number of Topliss-reactive ketones (excluding diaryl/α,β-unsaturated/α-hetero) is 1. The Kier molecular flexibility index (Phi) is 4.93. The maximum atomic E-state index is 13.2. The van der Waals surface area contributed by atoms with E-state index >= 15 is 0 Å². The lowest BCUT2D eigenvalue weighted by atomic mass is 10.0. The van der Waals surface area contributed by atoms with Gasteiger partial charge in [-0.2, -0.15) is 0 Å². The fraction of sp³-hybridized carbons (Fsp3) is 0.150. The molecule has 1 fully saturated rings. The summed E-state index contributed by atoms with van der Waals surface area (Å²) in [7, 11) is 0.